The minimum absolute atomic E-state index is 0.0848. The molecule has 5 nitrogen and oxygen atoms in total. The molecule has 4 rings (SSSR count). The Morgan fingerprint density at radius 1 is 1.17 bits per heavy atom. The highest BCUT2D eigenvalue weighted by Crippen LogP contribution is 2.49. The first-order valence-corrected chi connectivity index (χ1v) is 10.3. The number of carboxylic acids is 1. The molecule has 0 N–H and O–H groups in total. The van der Waals surface area contributed by atoms with E-state index >= 15 is 0 Å². The maximum atomic E-state index is 12.0. The molecular weight excluding hydrogens is 431 g/mol. The monoisotopic (exact) mass is 445 g/mol. The molecule has 148 valence electrons. The van der Waals surface area contributed by atoms with Crippen LogP contribution in [-0.2, 0) is 4.79 Å². The van der Waals surface area contributed by atoms with E-state index in [1.54, 1.807) is 43.2 Å². The van der Waals surface area contributed by atoms with E-state index in [1.807, 2.05) is 24.4 Å². The standard InChI is InChI=1S/C21H16Cl2N2O3S/c1-11-17(20(26)27)19(12-6-3-4-9-15(12)28-2)25-10-16(29-21(25)24-11)18-13(22)7-5-8-14(18)23/h3-10,19H,1-2H3,(H,26,27)/p-1. The zero-order chi connectivity index (χ0) is 20.7. The van der Waals surface area contributed by atoms with E-state index in [4.69, 9.17) is 27.9 Å². The van der Waals surface area contributed by atoms with Crippen LogP contribution in [0.15, 0.2) is 64.9 Å². The molecule has 0 aliphatic carbocycles. The van der Waals surface area contributed by atoms with Crippen molar-refractivity contribution in [3.8, 4) is 5.75 Å². The summed E-state index contributed by atoms with van der Waals surface area (Å²) in [5.41, 5.74) is 1.86. The molecule has 29 heavy (non-hydrogen) atoms. The smallest absolute Gasteiger partial charge is 0.173 e. The predicted octanol–water partition coefficient (Wildman–Crippen LogP) is 4.48. The van der Waals surface area contributed by atoms with E-state index in [1.165, 1.54) is 11.8 Å². The number of rotatable bonds is 4. The third-order valence-corrected chi connectivity index (χ3v) is 6.39. The number of nitrogens with zero attached hydrogens (tertiary/aromatic N) is 2. The third-order valence-electron chi connectivity index (χ3n) is 4.75. The van der Waals surface area contributed by atoms with E-state index in [9.17, 15) is 9.90 Å². The van der Waals surface area contributed by atoms with Gasteiger partial charge in [0, 0.05) is 33.5 Å². The van der Waals surface area contributed by atoms with E-state index in [0.717, 1.165) is 4.91 Å². The summed E-state index contributed by atoms with van der Waals surface area (Å²) in [6, 6.07) is 11.9. The first-order chi connectivity index (χ1) is 13.9. The summed E-state index contributed by atoms with van der Waals surface area (Å²) in [6.45, 7) is 1.67. The van der Waals surface area contributed by atoms with Crippen LogP contribution in [-0.4, -0.2) is 23.1 Å². The van der Waals surface area contributed by atoms with Gasteiger partial charge in [0.05, 0.1) is 29.2 Å². The summed E-state index contributed by atoms with van der Waals surface area (Å²) in [6.07, 6.45) is 1.82. The van der Waals surface area contributed by atoms with Crippen LogP contribution < -0.4 is 9.84 Å². The largest absolute Gasteiger partial charge is 0.545 e. The summed E-state index contributed by atoms with van der Waals surface area (Å²) in [5.74, 6) is -0.697. The Kier molecular flexibility index (Phi) is 5.34. The topological polar surface area (TPSA) is 65.0 Å². The number of benzene rings is 2. The first kappa shape index (κ1) is 19.9. The molecule has 2 aromatic carbocycles. The minimum atomic E-state index is -1.27. The summed E-state index contributed by atoms with van der Waals surface area (Å²) in [5, 5.41) is 13.7. The van der Waals surface area contributed by atoms with Gasteiger partial charge in [-0.3, -0.25) is 0 Å². The summed E-state index contributed by atoms with van der Waals surface area (Å²) < 4.78 is 5.49. The van der Waals surface area contributed by atoms with Gasteiger partial charge in [-0.1, -0.05) is 47.5 Å². The first-order valence-electron chi connectivity index (χ1n) is 8.68. The molecule has 1 unspecified atom stereocenters. The molecule has 0 bridgehead atoms. The lowest BCUT2D eigenvalue weighted by atomic mass is 9.94. The van der Waals surface area contributed by atoms with Crippen LogP contribution in [0.5, 0.6) is 5.75 Å². The van der Waals surface area contributed by atoms with Gasteiger partial charge in [-0.25, -0.2) is 4.99 Å². The fourth-order valence-corrected chi connectivity index (χ4v) is 5.32. The van der Waals surface area contributed by atoms with Crippen LogP contribution >= 0.6 is 35.0 Å². The number of methoxy groups -OCH3 is 1. The van der Waals surface area contributed by atoms with E-state index in [2.05, 4.69) is 4.99 Å². The molecule has 0 amide bonds. The van der Waals surface area contributed by atoms with Crippen molar-refractivity contribution in [2.24, 2.45) is 4.99 Å². The van der Waals surface area contributed by atoms with Crippen LogP contribution in [0, 0.1) is 0 Å². The number of hydrogen-bond donors (Lipinski definition) is 0. The zero-order valence-electron chi connectivity index (χ0n) is 15.5. The molecule has 2 aromatic rings. The molecule has 2 heterocycles. The Morgan fingerprint density at radius 2 is 1.86 bits per heavy atom. The SMILES string of the molecule is COc1ccccc1C1C(C(=O)[O-])=C(C)N=C2SC(c3c(Cl)cccc3Cl)=CN21. The molecule has 0 fully saturated rings. The molecule has 8 heteroatoms. The fraction of sp³-hybridized carbons (Fsp3) is 0.143. The number of carboxylic acid groups (broad SMARTS) is 1. The lowest BCUT2D eigenvalue weighted by molar-refractivity contribution is -0.300. The number of ether oxygens (including phenoxy) is 1. The number of carbonyl (C=O) groups is 1. The van der Waals surface area contributed by atoms with Crippen LogP contribution in [0.25, 0.3) is 4.91 Å². The van der Waals surface area contributed by atoms with Crippen molar-refractivity contribution < 1.29 is 14.6 Å². The van der Waals surface area contributed by atoms with Gasteiger partial charge < -0.3 is 19.5 Å². The molecule has 2 aliphatic heterocycles. The van der Waals surface area contributed by atoms with Crippen molar-refractivity contribution in [1.82, 2.24) is 4.90 Å². The number of fused-ring (bicyclic) bond motifs is 1. The molecule has 0 saturated carbocycles. The van der Waals surface area contributed by atoms with Crippen LogP contribution in [0.1, 0.15) is 24.1 Å². The summed E-state index contributed by atoms with van der Waals surface area (Å²) in [7, 11) is 1.55. The van der Waals surface area contributed by atoms with Gasteiger partial charge in [-0.05, 0) is 36.9 Å². The second-order valence-corrected chi connectivity index (χ2v) is 8.25. The number of para-hydroxylation sites is 1. The quantitative estimate of drug-likeness (QED) is 0.693. The van der Waals surface area contributed by atoms with Gasteiger partial charge in [0.15, 0.2) is 5.17 Å². The zero-order valence-corrected chi connectivity index (χ0v) is 17.8. The van der Waals surface area contributed by atoms with Crippen molar-refractivity contribution in [2.75, 3.05) is 7.11 Å². The Morgan fingerprint density at radius 3 is 2.52 bits per heavy atom. The van der Waals surface area contributed by atoms with E-state index in [0.29, 0.717) is 37.8 Å². The molecule has 0 aromatic heterocycles. The second kappa shape index (κ2) is 7.78. The molecule has 1 atom stereocenters. The molecule has 0 radical (unpaired) electrons. The average Bonchev–Trinajstić information content (AvgIpc) is 3.09. The van der Waals surface area contributed by atoms with Crippen LogP contribution in [0.2, 0.25) is 10.0 Å². The van der Waals surface area contributed by atoms with Gasteiger partial charge >= 0.3 is 0 Å². The second-order valence-electron chi connectivity index (χ2n) is 6.42. The summed E-state index contributed by atoms with van der Waals surface area (Å²) >= 11 is 14.2. The van der Waals surface area contributed by atoms with Crippen LogP contribution in [0.3, 0.4) is 0 Å². The third kappa shape index (κ3) is 3.41. The van der Waals surface area contributed by atoms with Crippen molar-refractivity contribution >= 4 is 51.0 Å². The van der Waals surface area contributed by atoms with Gasteiger partial charge in [0.25, 0.3) is 0 Å². The number of carbonyl (C=O) groups excluding carboxylic acids is 1. The highest BCUT2D eigenvalue weighted by Gasteiger charge is 2.38. The maximum Gasteiger partial charge on any atom is 0.173 e. The molecule has 0 spiro atoms. The minimum Gasteiger partial charge on any atom is -0.545 e. The lowest BCUT2D eigenvalue weighted by Gasteiger charge is -2.35. The van der Waals surface area contributed by atoms with Gasteiger partial charge in [-0.15, -0.1) is 0 Å². The highest BCUT2D eigenvalue weighted by atomic mass is 35.5. The number of allylic oxidation sites excluding steroid dienone is 1. The Balaban J connectivity index is 1.89. The average molecular weight is 446 g/mol. The van der Waals surface area contributed by atoms with E-state index in [-0.39, 0.29) is 5.57 Å². The Bertz CT molecular complexity index is 1090. The highest BCUT2D eigenvalue weighted by molar-refractivity contribution is 8.22. The number of thioether (sulfide) groups is 1. The van der Waals surface area contributed by atoms with Gasteiger partial charge in [-0.2, -0.15) is 0 Å². The van der Waals surface area contributed by atoms with Crippen LogP contribution in [0.4, 0.5) is 0 Å². The fourth-order valence-electron chi connectivity index (χ4n) is 3.47. The van der Waals surface area contributed by atoms with Crippen molar-refractivity contribution in [3.63, 3.8) is 0 Å². The van der Waals surface area contributed by atoms with Crippen molar-refractivity contribution in [3.05, 3.63) is 81.1 Å². The number of halogens is 2. The Hall–Kier alpha value is -2.41. The number of hydrogen-bond acceptors (Lipinski definition) is 6. The Labute approximate surface area is 182 Å². The molecule has 2 aliphatic rings. The van der Waals surface area contributed by atoms with Gasteiger partial charge in [0.1, 0.15) is 5.75 Å². The number of aliphatic imine (C=N–C) groups is 1. The number of aliphatic carboxylic acids is 1. The maximum absolute atomic E-state index is 12.0. The van der Waals surface area contributed by atoms with E-state index < -0.39 is 12.0 Å². The number of amidine groups is 1. The van der Waals surface area contributed by atoms with Gasteiger partial charge in [0.2, 0.25) is 0 Å². The molecule has 0 saturated heterocycles. The predicted molar refractivity (Wildman–Crippen MR) is 115 cm³/mol. The lowest BCUT2D eigenvalue weighted by Crippen LogP contribution is -2.38. The summed E-state index contributed by atoms with van der Waals surface area (Å²) in [4.78, 5) is 19.1. The molecular formula is C21H15Cl2N2O3S-. The van der Waals surface area contributed by atoms with Crippen molar-refractivity contribution in [2.45, 2.75) is 13.0 Å². The van der Waals surface area contributed by atoms with Crippen molar-refractivity contribution in [1.29, 1.82) is 0 Å². The normalized spacial score (nSPS) is 18.3.